The molecule has 3 unspecified atom stereocenters. The summed E-state index contributed by atoms with van der Waals surface area (Å²) in [6.45, 7) is 5.28. The van der Waals surface area contributed by atoms with Gasteiger partial charge in [-0.25, -0.2) is 0 Å². The molecule has 1 heterocycles. The number of hydrogen-bond donors (Lipinski definition) is 2. The second kappa shape index (κ2) is 6.25. The minimum Gasteiger partial charge on any atom is -0.347 e. The fourth-order valence-corrected chi connectivity index (χ4v) is 3.09. The van der Waals surface area contributed by atoms with E-state index in [0.717, 1.165) is 17.4 Å². The Bertz CT molecular complexity index is 471. The molecule has 0 aliphatic carbocycles. The molecule has 2 N–H and O–H groups in total. The van der Waals surface area contributed by atoms with E-state index >= 15 is 0 Å². The molecule has 1 aromatic carbocycles. The monoisotopic (exact) mass is 344 g/mol. The lowest BCUT2D eigenvalue weighted by molar-refractivity contribution is 0.0897. The fourth-order valence-electron chi connectivity index (χ4n) is 2.51. The first-order valence-corrected chi connectivity index (χ1v) is 7.66. The molecule has 1 aromatic rings. The SMILES string of the molecule is CC1CCNC(C)C1NC(=O)c1cccc(Br)c1Cl. The molecule has 0 spiro atoms. The molecule has 0 bridgehead atoms. The van der Waals surface area contributed by atoms with Crippen molar-refractivity contribution < 1.29 is 4.79 Å². The summed E-state index contributed by atoms with van der Waals surface area (Å²) in [5.41, 5.74) is 0.515. The van der Waals surface area contributed by atoms with E-state index in [2.05, 4.69) is 40.4 Å². The third kappa shape index (κ3) is 3.30. The highest BCUT2D eigenvalue weighted by atomic mass is 79.9. The summed E-state index contributed by atoms with van der Waals surface area (Å²) in [6.07, 6.45) is 1.07. The van der Waals surface area contributed by atoms with Crippen LogP contribution in [0.5, 0.6) is 0 Å². The van der Waals surface area contributed by atoms with Gasteiger partial charge in [0.1, 0.15) is 0 Å². The Morgan fingerprint density at radius 2 is 2.21 bits per heavy atom. The molecule has 1 aliphatic rings. The van der Waals surface area contributed by atoms with E-state index in [-0.39, 0.29) is 18.0 Å². The van der Waals surface area contributed by atoms with Crippen LogP contribution in [0.2, 0.25) is 5.02 Å². The molecule has 104 valence electrons. The van der Waals surface area contributed by atoms with E-state index in [1.165, 1.54) is 0 Å². The number of nitrogens with one attached hydrogen (secondary N) is 2. The molecule has 1 amide bonds. The number of halogens is 2. The van der Waals surface area contributed by atoms with Gasteiger partial charge in [-0.05, 0) is 53.9 Å². The maximum absolute atomic E-state index is 12.3. The number of carbonyl (C=O) groups excluding carboxylic acids is 1. The van der Waals surface area contributed by atoms with Crippen molar-refractivity contribution in [1.82, 2.24) is 10.6 Å². The third-order valence-electron chi connectivity index (χ3n) is 3.71. The van der Waals surface area contributed by atoms with Crippen LogP contribution in [0.4, 0.5) is 0 Å². The topological polar surface area (TPSA) is 41.1 Å². The highest BCUT2D eigenvalue weighted by Crippen LogP contribution is 2.26. The van der Waals surface area contributed by atoms with Crippen LogP contribution < -0.4 is 10.6 Å². The average molecular weight is 346 g/mol. The summed E-state index contributed by atoms with van der Waals surface area (Å²) >= 11 is 9.49. The molecule has 19 heavy (non-hydrogen) atoms. The first-order chi connectivity index (χ1) is 9.00. The molecule has 1 aliphatic heterocycles. The lowest BCUT2D eigenvalue weighted by Gasteiger charge is -2.36. The van der Waals surface area contributed by atoms with Crippen molar-refractivity contribution >= 4 is 33.4 Å². The van der Waals surface area contributed by atoms with Crippen molar-refractivity contribution in [2.75, 3.05) is 6.54 Å². The third-order valence-corrected chi connectivity index (χ3v) is 5.01. The van der Waals surface area contributed by atoms with E-state index in [1.54, 1.807) is 6.07 Å². The predicted molar refractivity (Wildman–Crippen MR) is 81.7 cm³/mol. The summed E-state index contributed by atoms with van der Waals surface area (Å²) in [5, 5.41) is 6.95. The zero-order valence-corrected chi connectivity index (χ0v) is 13.4. The second-order valence-corrected chi connectivity index (χ2v) is 6.34. The number of carbonyl (C=O) groups is 1. The number of hydrogen-bond acceptors (Lipinski definition) is 2. The Morgan fingerprint density at radius 1 is 1.47 bits per heavy atom. The van der Waals surface area contributed by atoms with Gasteiger partial charge in [-0.1, -0.05) is 24.6 Å². The van der Waals surface area contributed by atoms with Gasteiger partial charge in [0, 0.05) is 16.6 Å². The number of amides is 1. The van der Waals surface area contributed by atoms with Crippen molar-refractivity contribution in [2.24, 2.45) is 5.92 Å². The van der Waals surface area contributed by atoms with Crippen molar-refractivity contribution in [1.29, 1.82) is 0 Å². The second-order valence-electron chi connectivity index (χ2n) is 5.11. The molecule has 1 saturated heterocycles. The Morgan fingerprint density at radius 3 is 2.89 bits per heavy atom. The molecule has 2 rings (SSSR count). The average Bonchev–Trinajstić information content (AvgIpc) is 2.37. The van der Waals surface area contributed by atoms with E-state index in [4.69, 9.17) is 11.6 Å². The van der Waals surface area contributed by atoms with Crippen molar-refractivity contribution in [3.63, 3.8) is 0 Å². The van der Waals surface area contributed by atoms with Crippen molar-refractivity contribution in [2.45, 2.75) is 32.4 Å². The Hall–Kier alpha value is -0.580. The van der Waals surface area contributed by atoms with Crippen LogP contribution in [0, 0.1) is 5.92 Å². The van der Waals surface area contributed by atoms with Gasteiger partial charge < -0.3 is 10.6 Å². The van der Waals surface area contributed by atoms with E-state index < -0.39 is 0 Å². The van der Waals surface area contributed by atoms with Crippen LogP contribution in [-0.2, 0) is 0 Å². The summed E-state index contributed by atoms with van der Waals surface area (Å²) in [4.78, 5) is 12.3. The zero-order chi connectivity index (χ0) is 14.0. The number of rotatable bonds is 2. The Kier molecular flexibility index (Phi) is 4.87. The van der Waals surface area contributed by atoms with Crippen molar-refractivity contribution in [3.8, 4) is 0 Å². The summed E-state index contributed by atoms with van der Waals surface area (Å²) in [6, 6.07) is 5.80. The summed E-state index contributed by atoms with van der Waals surface area (Å²) in [5.74, 6) is 0.352. The lowest BCUT2D eigenvalue weighted by atomic mass is 9.89. The fraction of sp³-hybridized carbons (Fsp3) is 0.500. The minimum absolute atomic E-state index is 0.112. The smallest absolute Gasteiger partial charge is 0.253 e. The van der Waals surface area contributed by atoms with Gasteiger partial charge in [0.25, 0.3) is 5.91 Å². The number of benzene rings is 1. The maximum atomic E-state index is 12.3. The molecular formula is C14H18BrClN2O. The first-order valence-electron chi connectivity index (χ1n) is 6.49. The Labute approximate surface area is 127 Å². The standard InChI is InChI=1S/C14H18BrClN2O/c1-8-6-7-17-9(2)13(8)18-14(19)10-4-3-5-11(15)12(10)16/h3-5,8-9,13,17H,6-7H2,1-2H3,(H,18,19). The Balaban J connectivity index is 2.14. The van der Waals surface area contributed by atoms with Crippen LogP contribution in [0.3, 0.4) is 0 Å². The lowest BCUT2D eigenvalue weighted by Crippen LogP contribution is -2.55. The molecular weight excluding hydrogens is 328 g/mol. The van der Waals surface area contributed by atoms with Crippen LogP contribution in [0.15, 0.2) is 22.7 Å². The quantitative estimate of drug-likeness (QED) is 0.864. The molecule has 3 nitrogen and oxygen atoms in total. The van der Waals surface area contributed by atoms with E-state index in [0.29, 0.717) is 16.5 Å². The van der Waals surface area contributed by atoms with Gasteiger partial charge in [0.2, 0.25) is 0 Å². The van der Waals surface area contributed by atoms with Gasteiger partial charge in [-0.2, -0.15) is 0 Å². The molecule has 1 fully saturated rings. The van der Waals surface area contributed by atoms with E-state index in [9.17, 15) is 4.79 Å². The molecule has 0 aromatic heterocycles. The van der Waals surface area contributed by atoms with E-state index in [1.807, 2.05) is 12.1 Å². The van der Waals surface area contributed by atoms with Crippen LogP contribution >= 0.6 is 27.5 Å². The first kappa shape index (κ1) is 14.8. The van der Waals surface area contributed by atoms with Crippen LogP contribution in [0.25, 0.3) is 0 Å². The highest BCUT2D eigenvalue weighted by Gasteiger charge is 2.29. The maximum Gasteiger partial charge on any atom is 0.253 e. The largest absolute Gasteiger partial charge is 0.347 e. The van der Waals surface area contributed by atoms with Gasteiger partial charge in [0.15, 0.2) is 0 Å². The van der Waals surface area contributed by atoms with Gasteiger partial charge in [-0.15, -0.1) is 0 Å². The molecule has 0 saturated carbocycles. The highest BCUT2D eigenvalue weighted by molar-refractivity contribution is 9.10. The van der Waals surface area contributed by atoms with Crippen LogP contribution in [-0.4, -0.2) is 24.5 Å². The zero-order valence-electron chi connectivity index (χ0n) is 11.0. The van der Waals surface area contributed by atoms with Crippen LogP contribution in [0.1, 0.15) is 30.6 Å². The van der Waals surface area contributed by atoms with Gasteiger partial charge >= 0.3 is 0 Å². The van der Waals surface area contributed by atoms with Gasteiger partial charge in [0.05, 0.1) is 10.6 Å². The summed E-state index contributed by atoms with van der Waals surface area (Å²) < 4.78 is 0.740. The predicted octanol–water partition coefficient (Wildman–Crippen LogP) is 3.22. The number of piperidine rings is 1. The normalized spacial score (nSPS) is 27.1. The van der Waals surface area contributed by atoms with Crippen molar-refractivity contribution in [3.05, 3.63) is 33.3 Å². The van der Waals surface area contributed by atoms with Gasteiger partial charge in [-0.3, -0.25) is 4.79 Å². The minimum atomic E-state index is -0.112. The molecule has 5 heteroatoms. The molecule has 0 radical (unpaired) electrons. The summed E-state index contributed by atoms with van der Waals surface area (Å²) in [7, 11) is 0. The molecule has 3 atom stereocenters.